The maximum absolute atomic E-state index is 13.3. The number of rotatable bonds is 5. The van der Waals surface area contributed by atoms with Crippen molar-refractivity contribution in [3.05, 3.63) is 59.2 Å². The summed E-state index contributed by atoms with van der Waals surface area (Å²) in [6.07, 6.45) is 8.72. The Morgan fingerprint density at radius 3 is 2.81 bits per heavy atom. The molecule has 0 radical (unpaired) electrons. The van der Waals surface area contributed by atoms with Crippen LogP contribution in [0.4, 0.5) is 0 Å². The van der Waals surface area contributed by atoms with Crippen molar-refractivity contribution < 1.29 is 4.79 Å². The number of nitrogens with zero attached hydrogens (tertiary/aromatic N) is 3. The summed E-state index contributed by atoms with van der Waals surface area (Å²) in [7, 11) is 0. The molecule has 5 nitrogen and oxygen atoms in total. The summed E-state index contributed by atoms with van der Waals surface area (Å²) in [4.78, 5) is 23.5. The Bertz CT molecular complexity index is 724. The highest BCUT2D eigenvalue weighted by atomic mass is 16.2. The first-order valence-corrected chi connectivity index (χ1v) is 9.43. The minimum absolute atomic E-state index is 0.189. The van der Waals surface area contributed by atoms with Crippen molar-refractivity contribution >= 4 is 5.91 Å². The molecular formula is C21H28N4O. The van der Waals surface area contributed by atoms with Crippen LogP contribution in [0.15, 0.2) is 36.9 Å². The molecular weight excluding hydrogens is 324 g/mol. The predicted molar refractivity (Wildman–Crippen MR) is 103 cm³/mol. The number of carbonyl (C=O) groups is 1. The van der Waals surface area contributed by atoms with Gasteiger partial charge >= 0.3 is 0 Å². The number of amides is 1. The summed E-state index contributed by atoms with van der Waals surface area (Å²) in [5.74, 6) is 0.189. The number of nitrogens with one attached hydrogen (secondary N) is 1. The Morgan fingerprint density at radius 1 is 1.19 bits per heavy atom. The zero-order chi connectivity index (χ0) is 18.4. The maximum Gasteiger partial charge on any atom is 0.227 e. The molecule has 0 bridgehead atoms. The molecule has 1 aliphatic rings. The van der Waals surface area contributed by atoms with Crippen molar-refractivity contribution in [1.82, 2.24) is 20.2 Å². The van der Waals surface area contributed by atoms with E-state index in [0.717, 1.165) is 43.5 Å². The maximum atomic E-state index is 13.3. The third-order valence-electron chi connectivity index (χ3n) is 5.12. The first-order chi connectivity index (χ1) is 12.6. The fraction of sp³-hybridized carbons (Fsp3) is 0.476. The number of aryl methyl sites for hydroxylation is 2. The molecule has 1 aromatic carbocycles. The lowest BCUT2D eigenvalue weighted by Crippen LogP contribution is -2.41. The lowest BCUT2D eigenvalue weighted by atomic mass is 10.0. The summed E-state index contributed by atoms with van der Waals surface area (Å²) in [6, 6.07) is 6.59. The summed E-state index contributed by atoms with van der Waals surface area (Å²) in [5, 5.41) is 3.44. The Labute approximate surface area is 155 Å². The number of carbonyl (C=O) groups excluding carboxylic acids is 1. The van der Waals surface area contributed by atoms with Crippen molar-refractivity contribution in [2.24, 2.45) is 0 Å². The second-order valence-electron chi connectivity index (χ2n) is 7.21. The van der Waals surface area contributed by atoms with Gasteiger partial charge in [-0.3, -0.25) is 4.79 Å². The van der Waals surface area contributed by atoms with E-state index in [4.69, 9.17) is 0 Å². The quantitative estimate of drug-likeness (QED) is 0.899. The van der Waals surface area contributed by atoms with Crippen molar-refractivity contribution in [3.63, 3.8) is 0 Å². The minimum Gasteiger partial charge on any atom is -0.335 e. The van der Waals surface area contributed by atoms with E-state index in [9.17, 15) is 4.79 Å². The first kappa shape index (κ1) is 18.5. The molecule has 1 aromatic heterocycles. The molecule has 0 spiro atoms. The minimum atomic E-state index is 0.189. The van der Waals surface area contributed by atoms with E-state index < -0.39 is 0 Å². The van der Waals surface area contributed by atoms with Crippen molar-refractivity contribution in [2.45, 2.75) is 52.1 Å². The van der Waals surface area contributed by atoms with Crippen LogP contribution in [0.5, 0.6) is 0 Å². The molecule has 5 heteroatoms. The summed E-state index contributed by atoms with van der Waals surface area (Å²) in [6.45, 7) is 6.72. The molecule has 2 aromatic rings. The van der Waals surface area contributed by atoms with E-state index in [-0.39, 0.29) is 11.9 Å². The molecule has 0 unspecified atom stereocenters. The zero-order valence-corrected chi connectivity index (χ0v) is 15.7. The second kappa shape index (κ2) is 8.90. The highest BCUT2D eigenvalue weighted by molar-refractivity contribution is 5.79. The molecule has 26 heavy (non-hydrogen) atoms. The monoisotopic (exact) mass is 352 g/mol. The molecule has 1 N–H and O–H groups in total. The van der Waals surface area contributed by atoms with Gasteiger partial charge in [-0.1, -0.05) is 23.8 Å². The number of benzene rings is 1. The van der Waals surface area contributed by atoms with E-state index in [0.29, 0.717) is 13.0 Å². The van der Waals surface area contributed by atoms with Crippen molar-refractivity contribution in [2.75, 3.05) is 13.1 Å². The number of aromatic nitrogens is 2. The summed E-state index contributed by atoms with van der Waals surface area (Å²) < 4.78 is 0. The van der Waals surface area contributed by atoms with E-state index in [2.05, 4.69) is 47.3 Å². The van der Waals surface area contributed by atoms with Crippen molar-refractivity contribution in [1.29, 1.82) is 0 Å². The second-order valence-corrected chi connectivity index (χ2v) is 7.21. The lowest BCUT2D eigenvalue weighted by molar-refractivity contribution is -0.133. The van der Waals surface area contributed by atoms with Crippen LogP contribution < -0.4 is 5.32 Å². The molecule has 1 amide bonds. The van der Waals surface area contributed by atoms with Gasteiger partial charge in [0.2, 0.25) is 5.91 Å². The predicted octanol–water partition coefficient (Wildman–Crippen LogP) is 2.81. The van der Waals surface area contributed by atoms with Gasteiger partial charge in [-0.15, -0.1) is 0 Å². The van der Waals surface area contributed by atoms with E-state index >= 15 is 0 Å². The molecule has 2 heterocycles. The van der Waals surface area contributed by atoms with Gasteiger partial charge in [-0.25, -0.2) is 9.97 Å². The van der Waals surface area contributed by atoms with E-state index in [1.165, 1.54) is 17.5 Å². The zero-order valence-electron chi connectivity index (χ0n) is 15.7. The molecule has 3 rings (SSSR count). The smallest absolute Gasteiger partial charge is 0.227 e. The van der Waals surface area contributed by atoms with Gasteiger partial charge in [-0.05, 0) is 57.3 Å². The van der Waals surface area contributed by atoms with Crippen LogP contribution in [0.1, 0.15) is 41.5 Å². The van der Waals surface area contributed by atoms with Gasteiger partial charge in [-0.2, -0.15) is 0 Å². The fourth-order valence-corrected chi connectivity index (χ4v) is 3.60. The fourth-order valence-electron chi connectivity index (χ4n) is 3.60. The van der Waals surface area contributed by atoms with Gasteiger partial charge in [0.1, 0.15) is 6.33 Å². The molecule has 1 fully saturated rings. The van der Waals surface area contributed by atoms with E-state index in [1.807, 2.05) is 4.90 Å². The summed E-state index contributed by atoms with van der Waals surface area (Å²) >= 11 is 0. The summed E-state index contributed by atoms with van der Waals surface area (Å²) in [5.41, 5.74) is 4.48. The molecule has 1 atom stereocenters. The average molecular weight is 352 g/mol. The van der Waals surface area contributed by atoms with Gasteiger partial charge in [0.05, 0.1) is 6.42 Å². The van der Waals surface area contributed by atoms with Gasteiger partial charge < -0.3 is 10.2 Å². The third kappa shape index (κ3) is 4.88. The Hall–Kier alpha value is -2.27. The van der Waals surface area contributed by atoms with Crippen LogP contribution in [0.3, 0.4) is 0 Å². The Kier molecular flexibility index (Phi) is 6.34. The molecule has 1 aliphatic heterocycles. The highest BCUT2D eigenvalue weighted by Crippen LogP contribution is 2.20. The van der Waals surface area contributed by atoms with Crippen LogP contribution >= 0.6 is 0 Å². The normalized spacial score (nSPS) is 17.5. The Balaban J connectivity index is 1.81. The third-order valence-corrected chi connectivity index (χ3v) is 5.12. The van der Waals surface area contributed by atoms with Gasteiger partial charge in [0, 0.05) is 30.5 Å². The molecule has 0 saturated carbocycles. The topological polar surface area (TPSA) is 58.1 Å². The van der Waals surface area contributed by atoms with Crippen LogP contribution in [0, 0.1) is 13.8 Å². The van der Waals surface area contributed by atoms with Crippen LogP contribution in [0.2, 0.25) is 0 Å². The molecule has 0 aliphatic carbocycles. The van der Waals surface area contributed by atoms with Gasteiger partial charge in [0.15, 0.2) is 0 Å². The number of hydrogen-bond donors (Lipinski definition) is 1. The van der Waals surface area contributed by atoms with Gasteiger partial charge in [0.25, 0.3) is 0 Å². The first-order valence-electron chi connectivity index (χ1n) is 9.43. The van der Waals surface area contributed by atoms with E-state index in [1.54, 1.807) is 12.4 Å². The molecule has 1 saturated heterocycles. The molecule has 138 valence electrons. The Morgan fingerprint density at radius 2 is 2.00 bits per heavy atom. The van der Waals surface area contributed by atoms with Crippen LogP contribution in [-0.2, 0) is 17.8 Å². The van der Waals surface area contributed by atoms with Crippen molar-refractivity contribution in [3.8, 4) is 0 Å². The standard InChI is InChI=1S/C21H28N4O/c1-16-5-6-17(2)19(10-16)11-21(26)25(14-18-12-23-15-24-13-18)20-4-3-8-22-9-7-20/h5-6,10,12-13,15,20,22H,3-4,7-9,11,14H2,1-2H3/t20-/m1/s1. The van der Waals surface area contributed by atoms with Crippen LogP contribution in [0.25, 0.3) is 0 Å². The highest BCUT2D eigenvalue weighted by Gasteiger charge is 2.25. The number of hydrogen-bond acceptors (Lipinski definition) is 4. The average Bonchev–Trinajstić information content (AvgIpc) is 2.93. The lowest BCUT2D eigenvalue weighted by Gasteiger charge is -2.31. The SMILES string of the molecule is Cc1ccc(C)c(CC(=O)N(Cc2cncnc2)[C@@H]2CCCNCC2)c1. The largest absolute Gasteiger partial charge is 0.335 e. The van der Waals surface area contributed by atoms with Crippen LogP contribution in [-0.4, -0.2) is 39.9 Å².